The molecule has 8 heteroatoms. The number of rotatable bonds is 2. The maximum atomic E-state index is 11.4. The number of aryl methyl sites for hydroxylation is 1. The molecule has 0 unspecified atom stereocenters. The monoisotopic (exact) mass is 271 g/mol. The van der Waals surface area contributed by atoms with Gasteiger partial charge in [0, 0.05) is 12.1 Å². The van der Waals surface area contributed by atoms with Crippen LogP contribution in [0.15, 0.2) is 6.07 Å². The average molecular weight is 271 g/mol. The summed E-state index contributed by atoms with van der Waals surface area (Å²) < 4.78 is 22.8. The fourth-order valence-electron chi connectivity index (χ4n) is 1.82. The van der Waals surface area contributed by atoms with E-state index in [0.29, 0.717) is 5.69 Å². The number of aromatic nitrogens is 1. The molecule has 0 aliphatic carbocycles. The van der Waals surface area contributed by atoms with E-state index in [2.05, 4.69) is 4.98 Å². The number of hydrogen-bond acceptors (Lipinski definition) is 5. The molecule has 7 nitrogen and oxygen atoms in total. The Morgan fingerprint density at radius 1 is 1.22 bits per heavy atom. The van der Waals surface area contributed by atoms with Crippen molar-refractivity contribution in [2.24, 2.45) is 0 Å². The summed E-state index contributed by atoms with van der Waals surface area (Å²) in [5.41, 5.74) is -0.435. The zero-order valence-electron chi connectivity index (χ0n) is 9.08. The van der Waals surface area contributed by atoms with Crippen LogP contribution in [0.25, 0.3) is 0 Å². The Hall–Kier alpha value is -1.96. The normalized spacial score (nSPS) is 16.9. The summed E-state index contributed by atoms with van der Waals surface area (Å²) in [6.07, 6.45) is 0.109. The number of sulfone groups is 1. The van der Waals surface area contributed by atoms with E-state index >= 15 is 0 Å². The topological polar surface area (TPSA) is 122 Å². The molecule has 0 amide bonds. The first-order valence-corrected chi connectivity index (χ1v) is 6.82. The smallest absolute Gasteiger partial charge is 0.355 e. The number of fused-ring (bicyclic) bond motifs is 1. The molecule has 18 heavy (non-hydrogen) atoms. The summed E-state index contributed by atoms with van der Waals surface area (Å²) in [4.78, 5) is 25.6. The van der Waals surface area contributed by atoms with Crippen LogP contribution in [0, 0.1) is 0 Å². The predicted molar refractivity (Wildman–Crippen MR) is 59.4 cm³/mol. The second kappa shape index (κ2) is 4.05. The third-order valence-electron chi connectivity index (χ3n) is 2.65. The van der Waals surface area contributed by atoms with Crippen molar-refractivity contribution >= 4 is 21.8 Å². The van der Waals surface area contributed by atoms with Gasteiger partial charge in [0.1, 0.15) is 0 Å². The lowest BCUT2D eigenvalue weighted by atomic mass is 10.1. The Bertz CT molecular complexity index is 649. The molecule has 96 valence electrons. The molecular formula is C10H9NO6S. The quantitative estimate of drug-likeness (QED) is 0.773. The van der Waals surface area contributed by atoms with Crippen LogP contribution in [0.4, 0.5) is 0 Å². The van der Waals surface area contributed by atoms with Crippen LogP contribution in [-0.2, 0) is 22.0 Å². The van der Waals surface area contributed by atoms with Gasteiger partial charge in [0.15, 0.2) is 15.5 Å². The van der Waals surface area contributed by atoms with Crippen molar-refractivity contribution in [2.45, 2.75) is 12.2 Å². The van der Waals surface area contributed by atoms with Crippen LogP contribution < -0.4 is 0 Å². The second-order valence-corrected chi connectivity index (χ2v) is 6.13. The van der Waals surface area contributed by atoms with E-state index in [1.54, 1.807) is 0 Å². The Balaban J connectivity index is 2.63. The number of hydrogen-bond donors (Lipinski definition) is 2. The molecule has 0 aromatic carbocycles. The average Bonchev–Trinajstić information content (AvgIpc) is 2.25. The van der Waals surface area contributed by atoms with Gasteiger partial charge >= 0.3 is 11.9 Å². The summed E-state index contributed by atoms with van der Waals surface area (Å²) in [7, 11) is -3.25. The standard InChI is InChI=1S/C10H9NO6S/c12-9(13)6-3-5-4-18(16,17)2-1-7(5)11-8(6)10(14)15/h3H,1-2,4H2,(H,12,13)(H,14,15). The van der Waals surface area contributed by atoms with Gasteiger partial charge in [-0.15, -0.1) is 0 Å². The molecule has 1 aromatic heterocycles. The molecule has 0 bridgehead atoms. The van der Waals surface area contributed by atoms with Crippen molar-refractivity contribution in [3.05, 3.63) is 28.6 Å². The molecule has 2 heterocycles. The second-order valence-electron chi connectivity index (χ2n) is 3.94. The van der Waals surface area contributed by atoms with Crippen LogP contribution >= 0.6 is 0 Å². The van der Waals surface area contributed by atoms with E-state index in [1.165, 1.54) is 0 Å². The minimum Gasteiger partial charge on any atom is -0.478 e. The molecule has 0 saturated carbocycles. The van der Waals surface area contributed by atoms with Crippen molar-refractivity contribution in [3.8, 4) is 0 Å². The Kier molecular flexibility index (Phi) is 2.81. The highest BCUT2D eigenvalue weighted by atomic mass is 32.2. The number of nitrogens with zero attached hydrogens (tertiary/aromatic N) is 1. The number of carbonyl (C=O) groups is 2. The summed E-state index contributed by atoms with van der Waals surface area (Å²) >= 11 is 0. The number of carboxylic acid groups (broad SMARTS) is 2. The van der Waals surface area contributed by atoms with E-state index in [9.17, 15) is 18.0 Å². The summed E-state index contributed by atoms with van der Waals surface area (Å²) in [6, 6.07) is 1.09. The number of aromatic carboxylic acids is 2. The van der Waals surface area contributed by atoms with E-state index in [-0.39, 0.29) is 23.5 Å². The SMILES string of the molecule is O=C(O)c1cc2c(nc1C(=O)O)CCS(=O)(=O)C2. The third-order valence-corrected chi connectivity index (χ3v) is 4.23. The van der Waals surface area contributed by atoms with Gasteiger partial charge in [0.2, 0.25) is 0 Å². The molecule has 1 aromatic rings. The Morgan fingerprint density at radius 2 is 1.89 bits per heavy atom. The van der Waals surface area contributed by atoms with Crippen LogP contribution in [0.3, 0.4) is 0 Å². The van der Waals surface area contributed by atoms with Gasteiger partial charge in [-0.1, -0.05) is 0 Å². The minimum atomic E-state index is -3.25. The Morgan fingerprint density at radius 3 is 2.44 bits per heavy atom. The van der Waals surface area contributed by atoms with Crippen LogP contribution in [-0.4, -0.2) is 41.3 Å². The van der Waals surface area contributed by atoms with Gasteiger partial charge in [-0.25, -0.2) is 23.0 Å². The van der Waals surface area contributed by atoms with Crippen molar-refractivity contribution < 1.29 is 28.2 Å². The highest BCUT2D eigenvalue weighted by Crippen LogP contribution is 2.22. The van der Waals surface area contributed by atoms with Crippen molar-refractivity contribution in [2.75, 3.05) is 5.75 Å². The molecule has 1 aliphatic heterocycles. The minimum absolute atomic E-state index is 0.0987. The zero-order chi connectivity index (χ0) is 13.5. The molecule has 0 spiro atoms. The van der Waals surface area contributed by atoms with Gasteiger partial charge in [0.25, 0.3) is 0 Å². The molecular weight excluding hydrogens is 262 g/mol. The molecule has 2 rings (SSSR count). The Labute approximate surface area is 102 Å². The van der Waals surface area contributed by atoms with Crippen LogP contribution in [0.2, 0.25) is 0 Å². The van der Waals surface area contributed by atoms with Gasteiger partial charge in [-0.05, 0) is 11.6 Å². The van der Waals surface area contributed by atoms with Crippen molar-refractivity contribution in [3.63, 3.8) is 0 Å². The van der Waals surface area contributed by atoms with E-state index in [0.717, 1.165) is 6.07 Å². The molecule has 0 atom stereocenters. The maximum absolute atomic E-state index is 11.4. The van der Waals surface area contributed by atoms with E-state index in [4.69, 9.17) is 10.2 Å². The lowest BCUT2D eigenvalue weighted by Crippen LogP contribution is -2.23. The largest absolute Gasteiger partial charge is 0.478 e. The molecule has 0 fully saturated rings. The predicted octanol–water partition coefficient (Wildman–Crippen LogP) is -0.0511. The fourth-order valence-corrected chi connectivity index (χ4v) is 3.19. The summed E-state index contributed by atoms with van der Waals surface area (Å²) in [5, 5.41) is 17.8. The fraction of sp³-hybridized carbons (Fsp3) is 0.300. The van der Waals surface area contributed by atoms with Gasteiger partial charge < -0.3 is 10.2 Å². The van der Waals surface area contributed by atoms with E-state index in [1.807, 2.05) is 0 Å². The lowest BCUT2D eigenvalue weighted by molar-refractivity contribution is 0.0646. The highest BCUT2D eigenvalue weighted by Gasteiger charge is 2.27. The summed E-state index contributed by atoms with van der Waals surface area (Å²) in [6.45, 7) is 0. The number of carboxylic acids is 2. The lowest BCUT2D eigenvalue weighted by Gasteiger charge is -2.16. The maximum Gasteiger partial charge on any atom is 0.355 e. The van der Waals surface area contributed by atoms with Gasteiger partial charge in [-0.2, -0.15) is 0 Å². The molecule has 0 radical (unpaired) electrons. The van der Waals surface area contributed by atoms with Crippen molar-refractivity contribution in [1.82, 2.24) is 4.98 Å². The van der Waals surface area contributed by atoms with E-state index < -0.39 is 33.0 Å². The first-order chi connectivity index (χ1) is 8.30. The van der Waals surface area contributed by atoms with Crippen molar-refractivity contribution in [1.29, 1.82) is 0 Å². The first kappa shape index (κ1) is 12.5. The summed E-state index contributed by atoms with van der Waals surface area (Å²) in [5.74, 6) is -3.28. The third kappa shape index (κ3) is 2.19. The van der Waals surface area contributed by atoms with Crippen LogP contribution in [0.1, 0.15) is 32.1 Å². The van der Waals surface area contributed by atoms with Gasteiger partial charge in [0.05, 0.1) is 17.1 Å². The van der Waals surface area contributed by atoms with Gasteiger partial charge in [-0.3, -0.25) is 0 Å². The first-order valence-electron chi connectivity index (χ1n) is 5.00. The molecule has 2 N–H and O–H groups in total. The highest BCUT2D eigenvalue weighted by molar-refractivity contribution is 7.90. The zero-order valence-corrected chi connectivity index (χ0v) is 9.90. The number of pyridine rings is 1. The van der Waals surface area contributed by atoms with Crippen LogP contribution in [0.5, 0.6) is 0 Å². The molecule has 0 saturated heterocycles. The molecule has 1 aliphatic rings.